The van der Waals surface area contributed by atoms with Crippen molar-refractivity contribution in [2.24, 2.45) is 0 Å². The molecule has 3 rings (SSSR count). The van der Waals surface area contributed by atoms with E-state index in [0.717, 1.165) is 21.2 Å². The molecule has 0 aliphatic heterocycles. The average molecular weight is 487 g/mol. The maximum atomic E-state index is 13.5. The Kier molecular flexibility index (Phi) is 8.00. The number of methoxy groups -OCH3 is 1. The second-order valence-electron chi connectivity index (χ2n) is 7.66. The van der Waals surface area contributed by atoms with Gasteiger partial charge in [-0.1, -0.05) is 47.5 Å². The summed E-state index contributed by atoms with van der Waals surface area (Å²) < 4.78 is 33.2. The lowest BCUT2D eigenvalue weighted by atomic mass is 10.1. The van der Waals surface area contributed by atoms with E-state index in [1.807, 2.05) is 31.2 Å². The minimum Gasteiger partial charge on any atom is -0.497 e. The molecule has 1 N–H and O–H groups in total. The normalized spacial score (nSPS) is 11.2. The lowest BCUT2D eigenvalue weighted by molar-refractivity contribution is -0.119. The van der Waals surface area contributed by atoms with E-state index in [0.29, 0.717) is 29.2 Å². The molecule has 0 aromatic heterocycles. The van der Waals surface area contributed by atoms with Crippen LogP contribution in [0.25, 0.3) is 0 Å². The average Bonchev–Trinajstić information content (AvgIpc) is 2.80. The van der Waals surface area contributed by atoms with Crippen LogP contribution in [0.1, 0.15) is 16.7 Å². The molecule has 0 aliphatic rings. The summed E-state index contributed by atoms with van der Waals surface area (Å²) >= 11 is 6.25. The SMILES string of the molecule is COc1ccc(CCNC(=O)CN(c2cccc(Cl)c2C)S(=O)(=O)c2ccc(C)cc2)cc1. The number of hydrogen-bond donors (Lipinski definition) is 1. The van der Waals surface area contributed by atoms with Crippen molar-refractivity contribution in [3.05, 3.63) is 88.4 Å². The summed E-state index contributed by atoms with van der Waals surface area (Å²) in [6, 6.07) is 19.1. The van der Waals surface area contributed by atoms with Gasteiger partial charge in [-0.15, -0.1) is 0 Å². The predicted molar refractivity (Wildman–Crippen MR) is 132 cm³/mol. The highest BCUT2D eigenvalue weighted by Crippen LogP contribution is 2.30. The fraction of sp³-hybridized carbons (Fsp3) is 0.240. The number of anilines is 1. The Balaban J connectivity index is 1.79. The molecule has 174 valence electrons. The first kappa shape index (κ1) is 24.6. The van der Waals surface area contributed by atoms with Crippen molar-refractivity contribution >= 4 is 33.2 Å². The summed E-state index contributed by atoms with van der Waals surface area (Å²) in [6.07, 6.45) is 0.608. The first-order valence-corrected chi connectivity index (χ1v) is 12.3. The Morgan fingerprint density at radius 3 is 2.30 bits per heavy atom. The maximum absolute atomic E-state index is 13.5. The van der Waals surface area contributed by atoms with Gasteiger partial charge in [0.05, 0.1) is 17.7 Å². The number of sulfonamides is 1. The van der Waals surface area contributed by atoms with Crippen molar-refractivity contribution in [3.8, 4) is 5.75 Å². The molecule has 8 heteroatoms. The molecule has 3 aromatic carbocycles. The minimum atomic E-state index is -3.99. The fourth-order valence-corrected chi connectivity index (χ4v) is 4.98. The molecule has 1 amide bonds. The van der Waals surface area contributed by atoms with Gasteiger partial charge in [-0.25, -0.2) is 8.42 Å². The van der Waals surface area contributed by atoms with Crippen molar-refractivity contribution in [1.82, 2.24) is 5.32 Å². The summed E-state index contributed by atoms with van der Waals surface area (Å²) in [5, 5.41) is 3.24. The van der Waals surface area contributed by atoms with Gasteiger partial charge in [0.1, 0.15) is 12.3 Å². The van der Waals surface area contributed by atoms with Crippen molar-refractivity contribution in [3.63, 3.8) is 0 Å². The van der Waals surface area contributed by atoms with E-state index in [4.69, 9.17) is 16.3 Å². The molecule has 0 saturated carbocycles. The van der Waals surface area contributed by atoms with Crippen molar-refractivity contribution in [2.75, 3.05) is 24.5 Å². The van der Waals surface area contributed by atoms with Gasteiger partial charge in [-0.05, 0) is 67.8 Å². The van der Waals surface area contributed by atoms with Crippen LogP contribution in [0.2, 0.25) is 5.02 Å². The zero-order valence-corrected chi connectivity index (χ0v) is 20.4. The molecule has 0 spiro atoms. The molecule has 0 fully saturated rings. The van der Waals surface area contributed by atoms with Gasteiger partial charge < -0.3 is 10.1 Å². The third-order valence-electron chi connectivity index (χ3n) is 5.30. The fourth-order valence-electron chi connectivity index (χ4n) is 3.33. The Labute approximate surface area is 200 Å². The summed E-state index contributed by atoms with van der Waals surface area (Å²) in [6.45, 7) is 3.63. The zero-order chi connectivity index (χ0) is 24.0. The molecule has 6 nitrogen and oxygen atoms in total. The zero-order valence-electron chi connectivity index (χ0n) is 18.8. The molecule has 0 saturated heterocycles. The van der Waals surface area contributed by atoms with E-state index in [1.54, 1.807) is 56.5 Å². The Hall–Kier alpha value is -3.03. The van der Waals surface area contributed by atoms with E-state index in [-0.39, 0.29) is 11.4 Å². The molecular weight excluding hydrogens is 460 g/mol. The lowest BCUT2D eigenvalue weighted by Crippen LogP contribution is -2.41. The number of nitrogens with zero attached hydrogens (tertiary/aromatic N) is 1. The molecule has 0 radical (unpaired) electrons. The molecule has 0 bridgehead atoms. The topological polar surface area (TPSA) is 75.7 Å². The van der Waals surface area contributed by atoms with Gasteiger partial charge in [0.25, 0.3) is 10.0 Å². The summed E-state index contributed by atoms with van der Waals surface area (Å²) in [4.78, 5) is 12.9. The van der Waals surface area contributed by atoms with E-state index >= 15 is 0 Å². The number of aryl methyl sites for hydroxylation is 1. The third kappa shape index (κ3) is 6.06. The van der Waals surface area contributed by atoms with Crippen LogP contribution in [0, 0.1) is 13.8 Å². The Bertz CT molecular complexity index is 1210. The number of rotatable bonds is 9. The van der Waals surface area contributed by atoms with Crippen molar-refractivity contribution in [1.29, 1.82) is 0 Å². The highest BCUT2D eigenvalue weighted by molar-refractivity contribution is 7.92. The predicted octanol–water partition coefficient (Wildman–Crippen LogP) is 4.52. The van der Waals surface area contributed by atoms with Crippen LogP contribution in [-0.4, -0.2) is 34.5 Å². The van der Waals surface area contributed by atoms with Gasteiger partial charge >= 0.3 is 0 Å². The number of nitrogens with one attached hydrogen (secondary N) is 1. The van der Waals surface area contributed by atoms with Crippen LogP contribution in [-0.2, 0) is 21.2 Å². The van der Waals surface area contributed by atoms with Crippen LogP contribution in [0.4, 0.5) is 5.69 Å². The van der Waals surface area contributed by atoms with Gasteiger partial charge in [0, 0.05) is 11.6 Å². The quantitative estimate of drug-likeness (QED) is 0.482. The number of halogens is 1. The van der Waals surface area contributed by atoms with Crippen molar-refractivity contribution in [2.45, 2.75) is 25.2 Å². The molecular formula is C25H27ClN2O4S. The summed E-state index contributed by atoms with van der Waals surface area (Å²) in [5.41, 5.74) is 2.93. The summed E-state index contributed by atoms with van der Waals surface area (Å²) in [7, 11) is -2.39. The van der Waals surface area contributed by atoms with Crippen molar-refractivity contribution < 1.29 is 17.9 Å². The minimum absolute atomic E-state index is 0.110. The smallest absolute Gasteiger partial charge is 0.264 e. The Morgan fingerprint density at radius 2 is 1.67 bits per heavy atom. The highest BCUT2D eigenvalue weighted by Gasteiger charge is 2.28. The third-order valence-corrected chi connectivity index (χ3v) is 7.48. The second-order valence-corrected chi connectivity index (χ2v) is 9.93. The molecule has 0 aliphatic carbocycles. The molecule has 33 heavy (non-hydrogen) atoms. The standard InChI is InChI=1S/C25H27ClN2O4S/c1-18-7-13-22(14-8-18)33(30,31)28(24-6-4-5-23(26)19(24)2)17-25(29)27-16-15-20-9-11-21(32-3)12-10-20/h4-14H,15-17H2,1-3H3,(H,27,29). The lowest BCUT2D eigenvalue weighted by Gasteiger charge is -2.26. The highest BCUT2D eigenvalue weighted by atomic mass is 35.5. The van der Waals surface area contributed by atoms with Gasteiger partial charge in [-0.3, -0.25) is 9.10 Å². The van der Waals surface area contributed by atoms with Crippen LogP contribution in [0.5, 0.6) is 5.75 Å². The second kappa shape index (κ2) is 10.7. The number of carbonyl (C=O) groups excluding carboxylic acids is 1. The summed E-state index contributed by atoms with van der Waals surface area (Å²) in [5.74, 6) is 0.357. The van der Waals surface area contributed by atoms with Crippen LogP contribution in [0.15, 0.2) is 71.6 Å². The number of benzene rings is 3. The molecule has 0 unspecified atom stereocenters. The number of hydrogen-bond acceptors (Lipinski definition) is 4. The number of amides is 1. The maximum Gasteiger partial charge on any atom is 0.264 e. The van der Waals surface area contributed by atoms with E-state index in [2.05, 4.69) is 5.32 Å². The molecule has 0 atom stereocenters. The number of carbonyl (C=O) groups is 1. The molecule has 3 aromatic rings. The largest absolute Gasteiger partial charge is 0.497 e. The first-order valence-electron chi connectivity index (χ1n) is 10.5. The monoisotopic (exact) mass is 486 g/mol. The van der Waals surface area contributed by atoms with Gasteiger partial charge in [0.15, 0.2) is 0 Å². The van der Waals surface area contributed by atoms with Gasteiger partial charge in [-0.2, -0.15) is 0 Å². The van der Waals surface area contributed by atoms with E-state index < -0.39 is 15.9 Å². The first-order chi connectivity index (χ1) is 15.7. The van der Waals surface area contributed by atoms with Gasteiger partial charge in [0.2, 0.25) is 5.91 Å². The van der Waals surface area contributed by atoms with Crippen LogP contribution in [0.3, 0.4) is 0 Å². The van der Waals surface area contributed by atoms with Crippen LogP contribution >= 0.6 is 11.6 Å². The molecule has 0 heterocycles. The van der Waals surface area contributed by atoms with E-state index in [1.165, 1.54) is 0 Å². The number of ether oxygens (including phenoxy) is 1. The van der Waals surface area contributed by atoms with Crippen LogP contribution < -0.4 is 14.4 Å². The van der Waals surface area contributed by atoms with E-state index in [9.17, 15) is 13.2 Å². The Morgan fingerprint density at radius 1 is 1.00 bits per heavy atom.